The summed E-state index contributed by atoms with van der Waals surface area (Å²) in [6, 6.07) is 8.59. The van der Waals surface area contributed by atoms with Gasteiger partial charge in [0.05, 0.1) is 0 Å². The van der Waals surface area contributed by atoms with Crippen molar-refractivity contribution in [1.29, 1.82) is 0 Å². The number of nitrogens with one attached hydrogen (secondary N) is 2. The number of piperidine rings is 1. The van der Waals surface area contributed by atoms with Crippen molar-refractivity contribution in [3.8, 4) is 12.3 Å². The third kappa shape index (κ3) is 2.08. The molecular formula is C17H16N4Se. The second-order valence-electron chi connectivity index (χ2n) is 5.51. The van der Waals surface area contributed by atoms with Crippen molar-refractivity contribution in [3.63, 3.8) is 0 Å². The molecule has 0 bridgehead atoms. The maximum absolute atomic E-state index is 6.08. The van der Waals surface area contributed by atoms with Crippen LogP contribution in [0.2, 0.25) is 4.82 Å². The average Bonchev–Trinajstić information content (AvgIpc) is 2.95. The molecule has 4 rings (SSSR count). The van der Waals surface area contributed by atoms with Crippen LogP contribution in [0.5, 0.6) is 0 Å². The number of aliphatic imine (C=N–C) groups is 1. The van der Waals surface area contributed by atoms with Crippen LogP contribution >= 0.6 is 0 Å². The molecular weight excluding hydrogens is 339 g/mol. The molecule has 0 spiro atoms. The topological polar surface area (TPSA) is 62.4 Å². The molecule has 4 N–H and O–H groups in total. The van der Waals surface area contributed by atoms with E-state index < -0.39 is 0 Å². The van der Waals surface area contributed by atoms with E-state index in [1.807, 2.05) is 12.1 Å². The van der Waals surface area contributed by atoms with Gasteiger partial charge in [-0.15, -0.1) is 0 Å². The molecule has 1 saturated heterocycles. The van der Waals surface area contributed by atoms with Crippen molar-refractivity contribution in [2.45, 2.75) is 17.3 Å². The molecule has 0 saturated carbocycles. The van der Waals surface area contributed by atoms with Gasteiger partial charge in [0.2, 0.25) is 0 Å². The summed E-state index contributed by atoms with van der Waals surface area (Å²) in [6.07, 6.45) is 8.31. The molecule has 1 fully saturated rings. The third-order valence-electron chi connectivity index (χ3n) is 4.26. The normalized spacial score (nSPS) is 26.3. The molecule has 3 heterocycles. The van der Waals surface area contributed by atoms with Crippen LogP contribution in [0.1, 0.15) is 23.6 Å². The molecule has 5 heteroatoms. The SMILES string of the molecule is C#Cc1cccc(C2NCCC3=C4NC=NC(N)=C4[Se]C32)c1. The number of hydrogen-bond donors (Lipinski definition) is 3. The van der Waals surface area contributed by atoms with E-state index in [1.165, 1.54) is 21.3 Å². The van der Waals surface area contributed by atoms with Crippen LogP contribution in [-0.4, -0.2) is 27.8 Å². The Morgan fingerprint density at radius 2 is 2.32 bits per heavy atom. The number of nitrogens with two attached hydrogens (primary N) is 1. The molecule has 0 aliphatic carbocycles. The van der Waals surface area contributed by atoms with E-state index in [4.69, 9.17) is 12.2 Å². The summed E-state index contributed by atoms with van der Waals surface area (Å²) in [5, 5.41) is 6.97. The zero-order valence-electron chi connectivity index (χ0n) is 12.0. The molecule has 0 amide bonds. The van der Waals surface area contributed by atoms with Gasteiger partial charge >= 0.3 is 136 Å². The number of nitrogens with zero attached hydrogens (tertiary/aromatic N) is 1. The van der Waals surface area contributed by atoms with Crippen LogP contribution in [0.25, 0.3) is 0 Å². The summed E-state index contributed by atoms with van der Waals surface area (Å²) in [7, 11) is 0. The molecule has 22 heavy (non-hydrogen) atoms. The average molecular weight is 355 g/mol. The summed E-state index contributed by atoms with van der Waals surface area (Å²) in [6.45, 7) is 0.975. The first-order valence-electron chi connectivity index (χ1n) is 7.27. The van der Waals surface area contributed by atoms with E-state index >= 15 is 0 Å². The Hall–Kier alpha value is -1.99. The Labute approximate surface area is 136 Å². The maximum atomic E-state index is 6.08. The van der Waals surface area contributed by atoms with Crippen LogP contribution in [0.3, 0.4) is 0 Å². The van der Waals surface area contributed by atoms with Gasteiger partial charge in [-0.3, -0.25) is 0 Å². The predicted molar refractivity (Wildman–Crippen MR) is 89.1 cm³/mol. The van der Waals surface area contributed by atoms with Crippen LogP contribution in [0.15, 0.2) is 50.8 Å². The van der Waals surface area contributed by atoms with Crippen LogP contribution in [-0.2, 0) is 0 Å². The third-order valence-corrected chi connectivity index (χ3v) is 7.32. The molecule has 0 aromatic heterocycles. The van der Waals surface area contributed by atoms with Crippen LogP contribution in [0.4, 0.5) is 0 Å². The minimum atomic E-state index is 0.281. The van der Waals surface area contributed by atoms with E-state index in [-0.39, 0.29) is 15.0 Å². The first kappa shape index (κ1) is 13.7. The Bertz CT molecular complexity index is 769. The molecule has 1 aromatic carbocycles. The van der Waals surface area contributed by atoms with Crippen LogP contribution in [0, 0.1) is 12.3 Å². The molecule has 3 aliphatic rings. The Morgan fingerprint density at radius 1 is 1.41 bits per heavy atom. The van der Waals surface area contributed by atoms with E-state index in [1.54, 1.807) is 6.34 Å². The number of terminal acetylenes is 1. The van der Waals surface area contributed by atoms with Gasteiger partial charge in [-0.05, 0) is 0 Å². The summed E-state index contributed by atoms with van der Waals surface area (Å²) >= 11 is 0.281. The van der Waals surface area contributed by atoms with E-state index in [0.29, 0.717) is 16.7 Å². The molecule has 2 unspecified atom stereocenters. The summed E-state index contributed by atoms with van der Waals surface area (Å²) in [4.78, 5) is 4.69. The van der Waals surface area contributed by atoms with Crippen molar-refractivity contribution in [2.24, 2.45) is 10.7 Å². The number of benzene rings is 1. The molecule has 0 radical (unpaired) electrons. The first-order chi connectivity index (χ1) is 10.8. The minimum absolute atomic E-state index is 0.281. The van der Waals surface area contributed by atoms with Crippen molar-refractivity contribution < 1.29 is 0 Å². The predicted octanol–water partition coefficient (Wildman–Crippen LogP) is 1.22. The molecule has 1 aromatic rings. The van der Waals surface area contributed by atoms with Gasteiger partial charge in [-0.2, -0.15) is 0 Å². The Balaban J connectivity index is 1.74. The van der Waals surface area contributed by atoms with E-state index in [0.717, 1.165) is 18.5 Å². The fraction of sp³-hybridized carbons (Fsp3) is 0.235. The van der Waals surface area contributed by atoms with Gasteiger partial charge in [0.15, 0.2) is 0 Å². The standard InChI is InChI=1S/C17H16N4Se/c1-2-10-4-3-5-11(8-10)13-15-12(6-7-19-13)14-16(22-15)17(18)21-9-20-14/h1,3-5,8-9,13,15,19H,6-7,18H2,(H,20,21). The molecule has 3 aliphatic heterocycles. The van der Waals surface area contributed by atoms with Crippen molar-refractivity contribution in [2.75, 3.05) is 6.54 Å². The molecule has 4 nitrogen and oxygen atoms in total. The van der Waals surface area contributed by atoms with Gasteiger partial charge in [0.1, 0.15) is 0 Å². The molecule has 110 valence electrons. The van der Waals surface area contributed by atoms with Crippen molar-refractivity contribution >= 4 is 21.3 Å². The number of fused-ring (bicyclic) bond motifs is 2. The van der Waals surface area contributed by atoms with Crippen LogP contribution < -0.4 is 16.4 Å². The van der Waals surface area contributed by atoms with Crippen molar-refractivity contribution in [3.05, 3.63) is 57.0 Å². The zero-order chi connectivity index (χ0) is 15.1. The van der Waals surface area contributed by atoms with E-state index in [2.05, 4.69) is 33.7 Å². The molecule has 2 atom stereocenters. The van der Waals surface area contributed by atoms with E-state index in [9.17, 15) is 0 Å². The van der Waals surface area contributed by atoms with Gasteiger partial charge in [0, 0.05) is 0 Å². The second-order valence-corrected chi connectivity index (χ2v) is 7.92. The number of hydrogen-bond acceptors (Lipinski definition) is 4. The van der Waals surface area contributed by atoms with Gasteiger partial charge in [0.25, 0.3) is 0 Å². The van der Waals surface area contributed by atoms with Crippen molar-refractivity contribution in [1.82, 2.24) is 10.6 Å². The first-order valence-corrected chi connectivity index (χ1v) is 9.11. The number of rotatable bonds is 1. The monoisotopic (exact) mass is 356 g/mol. The summed E-state index contributed by atoms with van der Waals surface area (Å²) < 4.78 is 1.22. The summed E-state index contributed by atoms with van der Waals surface area (Å²) in [5.74, 6) is 3.40. The zero-order valence-corrected chi connectivity index (χ0v) is 13.7. The quantitative estimate of drug-likeness (QED) is 0.524. The Morgan fingerprint density at radius 3 is 3.18 bits per heavy atom. The number of allylic oxidation sites excluding steroid dienone is 1. The van der Waals surface area contributed by atoms with Gasteiger partial charge in [-0.25, -0.2) is 0 Å². The van der Waals surface area contributed by atoms with Gasteiger partial charge < -0.3 is 0 Å². The summed E-state index contributed by atoms with van der Waals surface area (Å²) in [5.41, 5.74) is 11.0. The second kappa shape index (κ2) is 5.33. The Kier molecular flexibility index (Phi) is 3.31. The fourth-order valence-electron chi connectivity index (χ4n) is 3.24. The van der Waals surface area contributed by atoms with Gasteiger partial charge in [-0.1, -0.05) is 0 Å². The fourth-order valence-corrected chi connectivity index (χ4v) is 6.39.